The Morgan fingerprint density at radius 1 is 1.47 bits per heavy atom. The predicted molar refractivity (Wildman–Crippen MR) is 50.1 cm³/mol. The van der Waals surface area contributed by atoms with E-state index in [9.17, 15) is 22.8 Å². The molecule has 4 N–H and O–H groups in total. The first-order valence-electron chi connectivity index (χ1n) is 4.43. The number of nitrogens with one attached hydrogen (secondary N) is 1. The van der Waals surface area contributed by atoms with E-state index in [0.717, 1.165) is 7.11 Å². The molecule has 0 rings (SSSR count). The highest BCUT2D eigenvalue weighted by Crippen LogP contribution is 2.27. The van der Waals surface area contributed by atoms with Gasteiger partial charge in [0.25, 0.3) is 0 Å². The Labute approximate surface area is 94.9 Å². The lowest BCUT2D eigenvalue weighted by molar-refractivity contribution is -0.187. The van der Waals surface area contributed by atoms with Crippen molar-refractivity contribution in [2.45, 2.75) is 24.7 Å². The Balaban J connectivity index is 4.52. The molecule has 9 heteroatoms. The van der Waals surface area contributed by atoms with Gasteiger partial charge in [0.2, 0.25) is 5.91 Å². The van der Waals surface area contributed by atoms with Gasteiger partial charge < -0.3 is 20.9 Å². The number of ether oxygens (including phenoxy) is 1. The normalized spacial score (nSPS) is 17.1. The molecule has 2 atom stereocenters. The van der Waals surface area contributed by atoms with Crippen molar-refractivity contribution in [2.75, 3.05) is 13.7 Å². The zero-order valence-corrected chi connectivity index (χ0v) is 9.17. The molecule has 0 saturated carbocycles. The Hall–Kier alpha value is -1.35. The van der Waals surface area contributed by atoms with Crippen molar-refractivity contribution in [3.05, 3.63) is 0 Å². The lowest BCUT2D eigenvalue weighted by Gasteiger charge is -2.26. The topological polar surface area (TPSA) is 102 Å². The SMILES string of the molecule is COC(CNC(=O)C(C)(N)C(F)(F)F)C(=O)O. The van der Waals surface area contributed by atoms with Gasteiger partial charge in [-0.05, 0) is 6.92 Å². The molecule has 0 spiro atoms. The first-order valence-corrected chi connectivity index (χ1v) is 4.43. The third-order valence-electron chi connectivity index (χ3n) is 2.07. The van der Waals surface area contributed by atoms with Crippen LogP contribution in [0.25, 0.3) is 0 Å². The molecule has 0 radical (unpaired) electrons. The average molecular weight is 258 g/mol. The first-order chi connectivity index (χ1) is 7.54. The molecule has 0 aliphatic rings. The molecule has 0 saturated heterocycles. The second-order valence-electron chi connectivity index (χ2n) is 3.47. The van der Waals surface area contributed by atoms with Gasteiger partial charge in [0.05, 0.1) is 6.54 Å². The standard InChI is InChI=1S/C8H13F3N2O4/c1-7(12,8(9,10)11)6(16)13-3-4(17-2)5(14)15/h4H,3,12H2,1-2H3,(H,13,16)(H,14,15). The largest absolute Gasteiger partial charge is 0.479 e. The number of aliphatic carboxylic acids is 1. The Bertz CT molecular complexity index is 304. The van der Waals surface area contributed by atoms with Crippen LogP contribution in [0.3, 0.4) is 0 Å². The Morgan fingerprint density at radius 2 is 1.94 bits per heavy atom. The number of amides is 1. The van der Waals surface area contributed by atoms with E-state index >= 15 is 0 Å². The zero-order valence-electron chi connectivity index (χ0n) is 9.17. The molecule has 0 bridgehead atoms. The van der Waals surface area contributed by atoms with Crippen LogP contribution in [-0.4, -0.2) is 48.5 Å². The van der Waals surface area contributed by atoms with Gasteiger partial charge in [-0.15, -0.1) is 0 Å². The maximum atomic E-state index is 12.3. The molecule has 0 heterocycles. The highest BCUT2D eigenvalue weighted by Gasteiger charge is 2.53. The van der Waals surface area contributed by atoms with Crippen molar-refractivity contribution in [1.29, 1.82) is 0 Å². The van der Waals surface area contributed by atoms with Crippen LogP contribution in [0.5, 0.6) is 0 Å². The molecule has 0 aromatic heterocycles. The van der Waals surface area contributed by atoms with Crippen molar-refractivity contribution in [3.8, 4) is 0 Å². The van der Waals surface area contributed by atoms with Crippen molar-refractivity contribution in [2.24, 2.45) is 5.73 Å². The average Bonchev–Trinajstić information content (AvgIpc) is 2.15. The van der Waals surface area contributed by atoms with E-state index in [2.05, 4.69) is 4.74 Å². The Kier molecular flexibility index (Phi) is 4.90. The summed E-state index contributed by atoms with van der Waals surface area (Å²) in [5, 5.41) is 10.3. The number of hydrogen-bond acceptors (Lipinski definition) is 4. The summed E-state index contributed by atoms with van der Waals surface area (Å²) in [6.07, 6.45) is -6.36. The number of carbonyl (C=O) groups excluding carboxylic acids is 1. The Morgan fingerprint density at radius 3 is 2.24 bits per heavy atom. The van der Waals surface area contributed by atoms with E-state index in [1.165, 1.54) is 0 Å². The second kappa shape index (κ2) is 5.32. The van der Waals surface area contributed by atoms with E-state index in [0.29, 0.717) is 6.92 Å². The van der Waals surface area contributed by atoms with Crippen LogP contribution in [0.2, 0.25) is 0 Å². The number of methoxy groups -OCH3 is 1. The lowest BCUT2D eigenvalue weighted by Crippen LogP contribution is -2.62. The number of hydrogen-bond donors (Lipinski definition) is 3. The quantitative estimate of drug-likeness (QED) is 0.616. The molecule has 1 amide bonds. The third-order valence-corrected chi connectivity index (χ3v) is 2.07. The van der Waals surface area contributed by atoms with Crippen LogP contribution in [-0.2, 0) is 14.3 Å². The summed E-state index contributed by atoms with van der Waals surface area (Å²) in [7, 11) is 1.05. The van der Waals surface area contributed by atoms with E-state index in [1.807, 2.05) is 0 Å². The number of carboxylic acids is 1. The summed E-state index contributed by atoms with van der Waals surface area (Å²) >= 11 is 0. The molecule has 6 nitrogen and oxygen atoms in total. The van der Waals surface area contributed by atoms with Crippen molar-refractivity contribution in [1.82, 2.24) is 5.32 Å². The number of carbonyl (C=O) groups is 2. The number of halogens is 3. The summed E-state index contributed by atoms with van der Waals surface area (Å²) < 4.78 is 41.4. The van der Waals surface area contributed by atoms with Gasteiger partial charge >= 0.3 is 12.1 Å². The van der Waals surface area contributed by atoms with Crippen LogP contribution in [0, 0.1) is 0 Å². The molecule has 2 unspecified atom stereocenters. The lowest BCUT2D eigenvalue weighted by atomic mass is 10.0. The molecule has 0 fully saturated rings. The van der Waals surface area contributed by atoms with Crippen LogP contribution < -0.4 is 11.1 Å². The fraction of sp³-hybridized carbons (Fsp3) is 0.750. The maximum Gasteiger partial charge on any atom is 0.415 e. The van der Waals surface area contributed by atoms with Gasteiger partial charge in [0.15, 0.2) is 11.6 Å². The third kappa shape index (κ3) is 3.86. The monoisotopic (exact) mass is 258 g/mol. The van der Waals surface area contributed by atoms with Crippen LogP contribution in [0.15, 0.2) is 0 Å². The molecule has 0 aliphatic heterocycles. The summed E-state index contributed by atoms with van der Waals surface area (Å²) in [5.74, 6) is -2.92. The molecule has 100 valence electrons. The van der Waals surface area contributed by atoms with Crippen molar-refractivity contribution >= 4 is 11.9 Å². The predicted octanol–water partition coefficient (Wildman–Crippen LogP) is -0.518. The van der Waals surface area contributed by atoms with Gasteiger partial charge in [-0.3, -0.25) is 4.79 Å². The van der Waals surface area contributed by atoms with E-state index in [1.54, 1.807) is 5.32 Å². The van der Waals surface area contributed by atoms with Crippen molar-refractivity contribution in [3.63, 3.8) is 0 Å². The number of rotatable bonds is 5. The van der Waals surface area contributed by atoms with Gasteiger partial charge in [-0.2, -0.15) is 13.2 Å². The molecular formula is C8H13F3N2O4. The summed E-state index contributed by atoms with van der Waals surface area (Å²) in [6, 6.07) is 0. The minimum atomic E-state index is -4.93. The molecule has 17 heavy (non-hydrogen) atoms. The fourth-order valence-electron chi connectivity index (χ4n) is 0.769. The molecule has 0 aromatic rings. The summed E-state index contributed by atoms with van der Waals surface area (Å²) in [4.78, 5) is 21.6. The minimum Gasteiger partial charge on any atom is -0.479 e. The number of carboxylic acid groups (broad SMARTS) is 1. The molecule has 0 aromatic carbocycles. The van der Waals surface area contributed by atoms with Crippen LogP contribution in [0.4, 0.5) is 13.2 Å². The highest BCUT2D eigenvalue weighted by molar-refractivity contribution is 5.87. The van der Waals surface area contributed by atoms with Gasteiger partial charge in [-0.25, -0.2) is 4.79 Å². The van der Waals surface area contributed by atoms with E-state index in [-0.39, 0.29) is 0 Å². The first kappa shape index (κ1) is 15.7. The minimum absolute atomic E-state index is 0.491. The van der Waals surface area contributed by atoms with Crippen LogP contribution in [0.1, 0.15) is 6.92 Å². The van der Waals surface area contributed by atoms with E-state index < -0.39 is 36.2 Å². The van der Waals surface area contributed by atoms with Crippen LogP contribution >= 0.6 is 0 Å². The zero-order chi connectivity index (χ0) is 13.9. The smallest absolute Gasteiger partial charge is 0.415 e. The number of nitrogens with two attached hydrogens (primary N) is 1. The second-order valence-corrected chi connectivity index (χ2v) is 3.47. The van der Waals surface area contributed by atoms with Gasteiger partial charge in [0.1, 0.15) is 0 Å². The van der Waals surface area contributed by atoms with Crippen molar-refractivity contribution < 1.29 is 32.6 Å². The van der Waals surface area contributed by atoms with E-state index in [4.69, 9.17) is 10.8 Å². The van der Waals surface area contributed by atoms with Gasteiger partial charge in [-0.1, -0.05) is 0 Å². The fourth-order valence-corrected chi connectivity index (χ4v) is 0.769. The summed E-state index contributed by atoms with van der Waals surface area (Å²) in [6.45, 7) is -0.113. The number of alkyl halides is 3. The summed E-state index contributed by atoms with van der Waals surface area (Å²) in [5.41, 5.74) is 1.74. The maximum absolute atomic E-state index is 12.3. The highest BCUT2D eigenvalue weighted by atomic mass is 19.4. The molecule has 0 aliphatic carbocycles. The van der Waals surface area contributed by atoms with Gasteiger partial charge in [0, 0.05) is 7.11 Å². The molecular weight excluding hydrogens is 245 g/mol.